The second kappa shape index (κ2) is 29.1. The Bertz CT molecular complexity index is 1770. The predicted octanol–water partition coefficient (Wildman–Crippen LogP) is 11.6. The van der Waals surface area contributed by atoms with Crippen LogP contribution in [0.5, 0.6) is 5.75 Å². The van der Waals surface area contributed by atoms with Crippen molar-refractivity contribution in [2.24, 2.45) is 5.41 Å². The van der Waals surface area contributed by atoms with Gasteiger partial charge in [-0.2, -0.15) is 0 Å². The summed E-state index contributed by atoms with van der Waals surface area (Å²) in [7, 11) is 0. The molecule has 3 saturated heterocycles. The van der Waals surface area contributed by atoms with Crippen LogP contribution in [0.15, 0.2) is 124 Å². The van der Waals surface area contributed by atoms with Gasteiger partial charge in [-0.3, -0.25) is 4.79 Å². The lowest BCUT2D eigenvalue weighted by Crippen LogP contribution is -2.46. The third-order valence-corrected chi connectivity index (χ3v) is 10.1. The Morgan fingerprint density at radius 3 is 1.69 bits per heavy atom. The number of carbonyl (C=O) groups is 3. The molecule has 0 bridgehead atoms. The van der Waals surface area contributed by atoms with E-state index in [2.05, 4.69) is 59.9 Å². The van der Waals surface area contributed by atoms with E-state index in [1.807, 2.05) is 50.2 Å². The average Bonchev–Trinajstić information content (AvgIpc) is 4.21. The highest BCUT2D eigenvalue weighted by atomic mass is 16.6. The number of epoxide rings is 2. The van der Waals surface area contributed by atoms with Gasteiger partial charge in [0.05, 0.1) is 56.6 Å². The van der Waals surface area contributed by atoms with Crippen LogP contribution in [-0.2, 0) is 38.0 Å². The summed E-state index contributed by atoms with van der Waals surface area (Å²) in [6.07, 6.45) is 13.8. The number of ether oxygens (including phenoxy) is 7. The molecule has 10 nitrogen and oxygen atoms in total. The van der Waals surface area contributed by atoms with Crippen LogP contribution in [-0.4, -0.2) is 75.2 Å². The molecule has 0 aliphatic carbocycles. The van der Waals surface area contributed by atoms with Crippen LogP contribution in [0, 0.1) is 5.41 Å². The topological polar surface area (TPSA) is 122 Å². The highest BCUT2D eigenvalue weighted by Crippen LogP contribution is 2.37. The lowest BCUT2D eigenvalue weighted by atomic mass is 9.84. The summed E-state index contributed by atoms with van der Waals surface area (Å²) in [5.74, 6) is 0.101. The van der Waals surface area contributed by atoms with Crippen LogP contribution >= 0.6 is 0 Å². The van der Waals surface area contributed by atoms with E-state index in [0.29, 0.717) is 49.7 Å². The van der Waals surface area contributed by atoms with Gasteiger partial charge in [-0.05, 0) is 82.2 Å². The molecule has 2 aromatic carbocycles. The first kappa shape index (κ1) is 54.7. The summed E-state index contributed by atoms with van der Waals surface area (Å²) < 4.78 is 35.9. The zero-order valence-electron chi connectivity index (χ0n) is 38.4. The smallest absolute Gasteiger partial charge is 0.333 e. The van der Waals surface area contributed by atoms with Crippen LogP contribution < -0.4 is 4.74 Å². The van der Waals surface area contributed by atoms with E-state index >= 15 is 0 Å². The van der Waals surface area contributed by atoms with Gasteiger partial charge in [0.2, 0.25) is 0 Å². The molecular formula is C52H72O10. The van der Waals surface area contributed by atoms with Crippen molar-refractivity contribution in [2.45, 2.75) is 97.7 Å². The van der Waals surface area contributed by atoms with E-state index in [1.54, 1.807) is 32.1 Å². The van der Waals surface area contributed by atoms with Crippen molar-refractivity contribution in [3.05, 3.63) is 141 Å². The van der Waals surface area contributed by atoms with Crippen LogP contribution in [0.3, 0.4) is 0 Å². The van der Waals surface area contributed by atoms with Crippen molar-refractivity contribution in [1.82, 2.24) is 0 Å². The van der Waals surface area contributed by atoms with E-state index in [0.717, 1.165) is 61.3 Å². The number of benzene rings is 2. The third-order valence-electron chi connectivity index (χ3n) is 10.1. The number of rotatable bonds is 22. The molecule has 0 radical (unpaired) electrons. The number of hydrogen-bond donors (Lipinski definition) is 0. The Labute approximate surface area is 372 Å². The highest BCUT2D eigenvalue weighted by molar-refractivity contribution is 6.04. The van der Waals surface area contributed by atoms with Gasteiger partial charge in [0.15, 0.2) is 5.78 Å². The molecule has 5 rings (SSSR count). The third kappa shape index (κ3) is 21.5. The molecule has 2 atom stereocenters. The summed E-state index contributed by atoms with van der Waals surface area (Å²) in [6.45, 7) is 41.1. The van der Waals surface area contributed by atoms with Crippen LogP contribution in [0.2, 0.25) is 0 Å². The molecule has 3 aliphatic heterocycles. The minimum atomic E-state index is -0.335. The van der Waals surface area contributed by atoms with Crippen LogP contribution in [0.25, 0.3) is 11.6 Å². The minimum Gasteiger partial charge on any atom is -0.502 e. The zero-order chi connectivity index (χ0) is 46.6. The van der Waals surface area contributed by atoms with Crippen molar-refractivity contribution in [3.63, 3.8) is 0 Å². The first-order chi connectivity index (χ1) is 29.5. The molecule has 0 saturated carbocycles. The number of allylic oxidation sites excluding steroid dienone is 2. The van der Waals surface area contributed by atoms with Crippen molar-refractivity contribution in [1.29, 1.82) is 0 Å². The van der Waals surface area contributed by atoms with E-state index in [-0.39, 0.29) is 34.3 Å². The Kier molecular flexibility index (Phi) is 25.7. The number of ketones is 1. The molecule has 0 N–H and O–H groups in total. The molecule has 2 aromatic rings. The molecule has 62 heavy (non-hydrogen) atoms. The molecule has 3 heterocycles. The van der Waals surface area contributed by atoms with E-state index in [9.17, 15) is 14.4 Å². The maximum atomic E-state index is 11.2. The molecule has 0 spiro atoms. The molecule has 0 aromatic heterocycles. The first-order valence-electron chi connectivity index (χ1n) is 21.2. The van der Waals surface area contributed by atoms with Gasteiger partial charge in [-0.15, -0.1) is 0 Å². The SMILES string of the molecule is C=C(C)C(=O)OCC1(CC)CO1.C=C(C)C(=O)OCC1(CC)COC1.C=CC(=O)c1ccc(C(=C)C)cc1.C=COCCCC1(CCCC)CO1.C=COc1cccc(C=C)c1. The summed E-state index contributed by atoms with van der Waals surface area (Å²) in [5, 5.41) is 0. The van der Waals surface area contributed by atoms with Crippen molar-refractivity contribution < 1.29 is 47.5 Å². The zero-order valence-corrected chi connectivity index (χ0v) is 38.4. The normalized spacial score (nSPS) is 18.0. The molecular weight excluding hydrogens is 785 g/mol. The fourth-order valence-electron chi connectivity index (χ4n) is 5.36. The fraction of sp³-hybridized carbons (Fsp3) is 0.442. The van der Waals surface area contributed by atoms with Gasteiger partial charge >= 0.3 is 11.9 Å². The first-order valence-corrected chi connectivity index (χ1v) is 21.2. The Morgan fingerprint density at radius 2 is 1.27 bits per heavy atom. The summed E-state index contributed by atoms with van der Waals surface area (Å²) in [4.78, 5) is 33.2. The number of esters is 2. The Morgan fingerprint density at radius 1 is 0.710 bits per heavy atom. The van der Waals surface area contributed by atoms with Crippen molar-refractivity contribution in [2.75, 3.05) is 46.2 Å². The van der Waals surface area contributed by atoms with Crippen molar-refractivity contribution >= 4 is 29.4 Å². The van der Waals surface area contributed by atoms with E-state index in [1.165, 1.54) is 37.9 Å². The number of hydrogen-bond acceptors (Lipinski definition) is 10. The quantitative estimate of drug-likeness (QED) is 0.0282. The van der Waals surface area contributed by atoms with E-state index < -0.39 is 0 Å². The summed E-state index contributed by atoms with van der Waals surface area (Å²) in [5.41, 5.74) is 4.78. The van der Waals surface area contributed by atoms with Crippen LogP contribution in [0.4, 0.5) is 0 Å². The van der Waals surface area contributed by atoms with Gasteiger partial charge in [0, 0.05) is 16.7 Å². The number of unbranched alkanes of at least 4 members (excludes halogenated alkanes) is 1. The average molecular weight is 857 g/mol. The van der Waals surface area contributed by atoms with Gasteiger partial charge in [0.25, 0.3) is 0 Å². The second-order valence-corrected chi connectivity index (χ2v) is 15.6. The van der Waals surface area contributed by atoms with Gasteiger partial charge < -0.3 is 33.2 Å². The maximum Gasteiger partial charge on any atom is 0.333 e. The van der Waals surface area contributed by atoms with Gasteiger partial charge in [-0.1, -0.05) is 128 Å². The predicted molar refractivity (Wildman–Crippen MR) is 251 cm³/mol. The summed E-state index contributed by atoms with van der Waals surface area (Å²) >= 11 is 0. The molecule has 3 aliphatic rings. The van der Waals surface area contributed by atoms with Crippen LogP contribution in [0.1, 0.15) is 108 Å². The maximum absolute atomic E-state index is 11.2. The molecule has 3 fully saturated rings. The standard InChI is InChI=1S/C12H12O.C11H20O2.C10H16O3.C10H10O.C9H14O3/c1-4-12(13)11-7-5-10(6-8-11)9(2)3;1-3-5-7-11(10-13-11)8-6-9-12-4-2;1-4-10(5-12-6-10)7-13-9(11)8(2)3;1-3-9-6-5-7-10(8-9)11-4-2;1-4-9(6-12-9)5-11-8(10)7(2)3/h4-8H,1-2H2,3H3;4H,2-3,5-10H2,1H3;2,4-7H2,1,3H3;3-8H,1-2H2;2,4-6H2,1,3H3. The van der Waals surface area contributed by atoms with Crippen molar-refractivity contribution in [3.8, 4) is 5.75 Å². The van der Waals surface area contributed by atoms with E-state index in [4.69, 9.17) is 33.2 Å². The Hall–Kier alpha value is -5.29. The minimum absolute atomic E-state index is 0.0479. The lowest BCUT2D eigenvalue weighted by molar-refractivity contribution is -0.167. The fourth-order valence-corrected chi connectivity index (χ4v) is 5.36. The Balaban J connectivity index is 0.000000388. The molecule has 340 valence electrons. The largest absolute Gasteiger partial charge is 0.502 e. The lowest BCUT2D eigenvalue weighted by Gasteiger charge is -2.39. The molecule has 10 heteroatoms. The monoisotopic (exact) mass is 857 g/mol. The second-order valence-electron chi connectivity index (χ2n) is 15.6. The molecule has 2 unspecified atom stereocenters. The highest BCUT2D eigenvalue weighted by Gasteiger charge is 2.44. The van der Waals surface area contributed by atoms with Gasteiger partial charge in [0.1, 0.15) is 24.6 Å². The number of carbonyl (C=O) groups excluding carboxylic acids is 3. The summed E-state index contributed by atoms with van der Waals surface area (Å²) in [6, 6.07) is 15.0. The molecule has 0 amide bonds. The van der Waals surface area contributed by atoms with Gasteiger partial charge in [-0.25, -0.2) is 9.59 Å².